The Morgan fingerprint density at radius 3 is 2.16 bits per heavy atom. The number of hydrogen-bond acceptors (Lipinski definition) is 4. The Labute approximate surface area is 184 Å². The van der Waals surface area contributed by atoms with Gasteiger partial charge in [-0.2, -0.15) is 20.4 Å². The van der Waals surface area contributed by atoms with Crippen molar-refractivity contribution in [2.24, 2.45) is 0 Å². The fourth-order valence-electron chi connectivity index (χ4n) is 4.07. The third-order valence-corrected chi connectivity index (χ3v) is 5.43. The second kappa shape index (κ2) is 7.79. The minimum Gasteiger partial charge on any atom is -0.416 e. The summed E-state index contributed by atoms with van der Waals surface area (Å²) >= 11 is 0. The van der Waals surface area contributed by atoms with E-state index in [0.717, 1.165) is 33.6 Å². The molecule has 0 bridgehead atoms. The number of nitrogens with zero attached hydrogens (tertiary/aromatic N) is 5. The van der Waals surface area contributed by atoms with Gasteiger partial charge in [0, 0.05) is 16.5 Å². The molecule has 0 spiro atoms. The van der Waals surface area contributed by atoms with E-state index in [1.54, 1.807) is 30.2 Å². The Bertz CT molecular complexity index is 1520. The monoisotopic (exact) mass is 415 g/mol. The normalized spacial score (nSPS) is 10.6. The quantitative estimate of drug-likeness (QED) is 0.415. The van der Waals surface area contributed by atoms with Gasteiger partial charge in [0.25, 0.3) is 0 Å². The molecule has 0 aliphatic carbocycles. The van der Waals surface area contributed by atoms with E-state index in [1.807, 2.05) is 71.4 Å². The lowest BCUT2D eigenvalue weighted by Gasteiger charge is -2.12. The van der Waals surface area contributed by atoms with E-state index in [9.17, 15) is 10.5 Å². The summed E-state index contributed by atoms with van der Waals surface area (Å²) in [6.45, 7) is 0. The van der Waals surface area contributed by atoms with Gasteiger partial charge in [-0.05, 0) is 30.3 Å². The Kier molecular flexibility index (Phi) is 4.67. The molecule has 0 unspecified atom stereocenters. The first-order valence-corrected chi connectivity index (χ1v) is 9.99. The maximum absolute atomic E-state index is 9.66. The SMILES string of the molecule is COn1c(-c2ccccc2)c(-c2ccnn2-c2ccccc2)c2cc(C#N)c(C#N)cc21. The van der Waals surface area contributed by atoms with E-state index >= 15 is 0 Å². The van der Waals surface area contributed by atoms with Gasteiger partial charge in [-0.25, -0.2) is 4.68 Å². The Hall–Kier alpha value is -4.81. The van der Waals surface area contributed by atoms with Crippen molar-refractivity contribution in [3.05, 3.63) is 96.2 Å². The molecule has 0 N–H and O–H groups in total. The molecule has 6 nitrogen and oxygen atoms in total. The zero-order valence-corrected chi connectivity index (χ0v) is 17.2. The Morgan fingerprint density at radius 2 is 1.50 bits per heavy atom. The van der Waals surface area contributed by atoms with Gasteiger partial charge in [0.05, 0.1) is 39.9 Å². The smallest absolute Gasteiger partial charge is 0.104 e. The topological polar surface area (TPSA) is 79.6 Å². The molecular formula is C26H17N5O. The number of aromatic nitrogens is 3. The van der Waals surface area contributed by atoms with Crippen LogP contribution in [-0.4, -0.2) is 21.6 Å². The number of nitriles is 2. The molecule has 0 fully saturated rings. The van der Waals surface area contributed by atoms with Crippen LogP contribution in [0.3, 0.4) is 0 Å². The van der Waals surface area contributed by atoms with Gasteiger partial charge < -0.3 is 4.84 Å². The van der Waals surface area contributed by atoms with Crippen molar-refractivity contribution in [1.29, 1.82) is 10.5 Å². The van der Waals surface area contributed by atoms with E-state index in [4.69, 9.17) is 4.84 Å². The van der Waals surface area contributed by atoms with E-state index < -0.39 is 0 Å². The predicted molar refractivity (Wildman–Crippen MR) is 122 cm³/mol. The first-order chi connectivity index (χ1) is 15.8. The lowest BCUT2D eigenvalue weighted by molar-refractivity contribution is 0.183. The summed E-state index contributed by atoms with van der Waals surface area (Å²) in [5.41, 5.74) is 5.73. The third kappa shape index (κ3) is 2.91. The number of fused-ring (bicyclic) bond motifs is 1. The lowest BCUT2D eigenvalue weighted by Crippen LogP contribution is -2.08. The van der Waals surface area contributed by atoms with Crippen molar-refractivity contribution >= 4 is 10.9 Å². The van der Waals surface area contributed by atoms with Crippen LogP contribution in [0.15, 0.2) is 85.1 Å². The summed E-state index contributed by atoms with van der Waals surface area (Å²) < 4.78 is 3.58. The second-order valence-electron chi connectivity index (χ2n) is 7.17. The van der Waals surface area contributed by atoms with Crippen LogP contribution in [0.2, 0.25) is 0 Å². The zero-order valence-electron chi connectivity index (χ0n) is 17.2. The molecular weight excluding hydrogens is 398 g/mol. The fraction of sp³-hybridized carbons (Fsp3) is 0.0385. The van der Waals surface area contributed by atoms with Crippen LogP contribution < -0.4 is 4.84 Å². The predicted octanol–water partition coefficient (Wildman–Crippen LogP) is 4.96. The van der Waals surface area contributed by atoms with Crippen LogP contribution in [0.5, 0.6) is 0 Å². The maximum Gasteiger partial charge on any atom is 0.104 e. The first-order valence-electron chi connectivity index (χ1n) is 9.99. The fourth-order valence-corrected chi connectivity index (χ4v) is 4.07. The molecule has 0 amide bonds. The Morgan fingerprint density at radius 1 is 0.844 bits per heavy atom. The minimum atomic E-state index is 0.304. The van der Waals surface area contributed by atoms with Crippen LogP contribution >= 0.6 is 0 Å². The molecule has 6 heteroatoms. The highest BCUT2D eigenvalue weighted by Gasteiger charge is 2.25. The first kappa shape index (κ1) is 19.2. The maximum atomic E-state index is 9.66. The molecule has 0 aliphatic heterocycles. The Balaban J connectivity index is 1.94. The van der Waals surface area contributed by atoms with Crippen molar-refractivity contribution in [2.75, 3.05) is 7.11 Å². The van der Waals surface area contributed by atoms with Crippen LogP contribution in [0, 0.1) is 22.7 Å². The van der Waals surface area contributed by atoms with Crippen molar-refractivity contribution in [3.8, 4) is 40.3 Å². The van der Waals surface area contributed by atoms with E-state index in [2.05, 4.69) is 17.2 Å². The lowest BCUT2D eigenvalue weighted by atomic mass is 9.99. The largest absolute Gasteiger partial charge is 0.416 e. The molecule has 0 atom stereocenters. The van der Waals surface area contributed by atoms with E-state index in [0.29, 0.717) is 16.6 Å². The van der Waals surface area contributed by atoms with Crippen LogP contribution in [0.4, 0.5) is 0 Å². The number of para-hydroxylation sites is 1. The summed E-state index contributed by atoms with van der Waals surface area (Å²) in [7, 11) is 1.59. The highest BCUT2D eigenvalue weighted by atomic mass is 16.6. The molecule has 0 radical (unpaired) electrons. The van der Waals surface area contributed by atoms with Crippen LogP contribution in [0.25, 0.3) is 39.1 Å². The van der Waals surface area contributed by atoms with Gasteiger partial charge in [0.2, 0.25) is 0 Å². The van der Waals surface area contributed by atoms with Gasteiger partial charge in [0.1, 0.15) is 19.2 Å². The molecule has 0 saturated carbocycles. The molecule has 5 aromatic rings. The van der Waals surface area contributed by atoms with Gasteiger partial charge >= 0.3 is 0 Å². The average molecular weight is 415 g/mol. The molecule has 5 rings (SSSR count). The highest BCUT2D eigenvalue weighted by molar-refractivity contribution is 6.05. The summed E-state index contributed by atoms with van der Waals surface area (Å²) in [6, 6.07) is 29.4. The molecule has 2 aromatic heterocycles. The molecule has 0 saturated heterocycles. The van der Waals surface area contributed by atoms with Gasteiger partial charge in [0.15, 0.2) is 0 Å². The van der Waals surface area contributed by atoms with Gasteiger partial charge in [-0.1, -0.05) is 48.5 Å². The molecule has 0 aliphatic rings. The van der Waals surface area contributed by atoms with Gasteiger partial charge in [-0.15, -0.1) is 0 Å². The average Bonchev–Trinajstić information content (AvgIpc) is 3.46. The minimum absolute atomic E-state index is 0.304. The van der Waals surface area contributed by atoms with Crippen molar-refractivity contribution in [1.82, 2.24) is 14.5 Å². The van der Waals surface area contributed by atoms with E-state index in [1.165, 1.54) is 0 Å². The van der Waals surface area contributed by atoms with Crippen LogP contribution in [0.1, 0.15) is 11.1 Å². The van der Waals surface area contributed by atoms with Crippen molar-refractivity contribution in [2.45, 2.75) is 0 Å². The summed E-state index contributed by atoms with van der Waals surface area (Å²) in [4.78, 5) is 5.81. The zero-order chi connectivity index (χ0) is 22.1. The summed E-state index contributed by atoms with van der Waals surface area (Å²) in [5.74, 6) is 0. The standard InChI is InChI=1S/C26H17N5O/c1-32-31-24-15-20(17-28)19(16-27)14-22(24)25(26(31)18-8-4-2-5-9-18)23-12-13-29-30(23)21-10-6-3-7-11-21/h2-15H,1H3. The molecule has 32 heavy (non-hydrogen) atoms. The van der Waals surface area contributed by atoms with Crippen LogP contribution in [-0.2, 0) is 0 Å². The number of benzene rings is 3. The van der Waals surface area contributed by atoms with Crippen molar-refractivity contribution < 1.29 is 4.84 Å². The second-order valence-corrected chi connectivity index (χ2v) is 7.17. The van der Waals surface area contributed by atoms with E-state index in [-0.39, 0.29) is 0 Å². The summed E-state index contributed by atoms with van der Waals surface area (Å²) in [6.07, 6.45) is 1.75. The molecule has 2 heterocycles. The summed E-state index contributed by atoms with van der Waals surface area (Å²) in [5, 5.41) is 24.6. The highest BCUT2D eigenvalue weighted by Crippen LogP contribution is 2.41. The molecule has 3 aromatic carbocycles. The number of hydrogen-bond donors (Lipinski definition) is 0. The third-order valence-electron chi connectivity index (χ3n) is 5.43. The molecule has 152 valence electrons. The van der Waals surface area contributed by atoms with Crippen molar-refractivity contribution in [3.63, 3.8) is 0 Å². The number of rotatable bonds is 4. The van der Waals surface area contributed by atoms with Gasteiger partial charge in [-0.3, -0.25) is 0 Å².